The van der Waals surface area contributed by atoms with Gasteiger partial charge in [-0.1, -0.05) is 23.7 Å². The van der Waals surface area contributed by atoms with E-state index < -0.39 is 21.7 Å². The Morgan fingerprint density at radius 3 is 2.37 bits per heavy atom. The Kier molecular flexibility index (Phi) is 6.83. The Labute approximate surface area is 163 Å². The van der Waals surface area contributed by atoms with E-state index in [1.807, 2.05) is 6.07 Å². The summed E-state index contributed by atoms with van der Waals surface area (Å²) in [4.78, 5) is 11.2. The summed E-state index contributed by atoms with van der Waals surface area (Å²) in [5, 5.41) is 2.99. The van der Waals surface area contributed by atoms with Gasteiger partial charge >= 0.3 is 6.09 Å². The quantitative estimate of drug-likeness (QED) is 0.727. The standard InChI is InChI=1S/C18H21ClN2O5S/c1-18(26-3,13-5-4-6-14(19)11-13)12-20-27(23,24)16-9-7-15(8-10-16)21-17(22)25-2/h4-11,20H,12H2,1-3H3,(H,21,22)/t18-/m0/s1. The van der Waals surface area contributed by atoms with E-state index >= 15 is 0 Å². The Hall–Kier alpha value is -2.13. The molecule has 0 aliphatic carbocycles. The van der Waals surface area contributed by atoms with E-state index in [0.29, 0.717) is 10.7 Å². The number of halogens is 1. The van der Waals surface area contributed by atoms with Gasteiger partial charge in [0.05, 0.1) is 12.0 Å². The molecule has 0 spiro atoms. The smallest absolute Gasteiger partial charge is 0.411 e. The van der Waals surface area contributed by atoms with Crippen LogP contribution in [0.2, 0.25) is 5.02 Å². The van der Waals surface area contributed by atoms with Gasteiger partial charge in [-0.3, -0.25) is 5.32 Å². The van der Waals surface area contributed by atoms with Crippen molar-refractivity contribution in [1.82, 2.24) is 4.72 Å². The first-order valence-electron chi connectivity index (χ1n) is 7.96. The highest BCUT2D eigenvalue weighted by atomic mass is 35.5. The lowest BCUT2D eigenvalue weighted by Crippen LogP contribution is -2.40. The zero-order chi connectivity index (χ0) is 20.1. The predicted octanol–water partition coefficient (Wildman–Crippen LogP) is 3.36. The molecule has 2 aromatic carbocycles. The third kappa shape index (κ3) is 5.43. The maximum Gasteiger partial charge on any atom is 0.411 e. The maximum absolute atomic E-state index is 12.6. The Bertz CT molecular complexity index is 902. The minimum Gasteiger partial charge on any atom is -0.453 e. The van der Waals surface area contributed by atoms with Crippen LogP contribution in [-0.4, -0.2) is 35.3 Å². The van der Waals surface area contributed by atoms with Crippen LogP contribution in [0, 0.1) is 0 Å². The van der Waals surface area contributed by atoms with Crippen molar-refractivity contribution in [2.75, 3.05) is 26.1 Å². The second-order valence-corrected chi connectivity index (χ2v) is 8.11. The summed E-state index contributed by atoms with van der Waals surface area (Å²) in [6.45, 7) is 1.78. The van der Waals surface area contributed by atoms with Crippen LogP contribution in [-0.2, 0) is 25.1 Å². The topological polar surface area (TPSA) is 93.7 Å². The molecule has 1 amide bonds. The number of nitrogens with one attached hydrogen (secondary N) is 2. The SMILES string of the molecule is COC(=O)Nc1ccc(S(=O)(=O)NC[C@](C)(OC)c2cccc(Cl)c2)cc1. The first-order chi connectivity index (χ1) is 12.7. The molecule has 0 bridgehead atoms. The molecule has 27 heavy (non-hydrogen) atoms. The molecule has 0 aliphatic rings. The Morgan fingerprint density at radius 1 is 1.15 bits per heavy atom. The molecule has 2 aromatic rings. The molecule has 0 saturated carbocycles. The number of rotatable bonds is 7. The van der Waals surface area contributed by atoms with Crippen LogP contribution < -0.4 is 10.0 Å². The summed E-state index contributed by atoms with van der Waals surface area (Å²) in [6.07, 6.45) is -0.638. The number of anilines is 1. The summed E-state index contributed by atoms with van der Waals surface area (Å²) in [6, 6.07) is 12.8. The first kappa shape index (κ1) is 21.2. The highest BCUT2D eigenvalue weighted by Gasteiger charge is 2.29. The van der Waals surface area contributed by atoms with Crippen LogP contribution >= 0.6 is 11.6 Å². The van der Waals surface area contributed by atoms with Gasteiger partial charge in [-0.25, -0.2) is 17.9 Å². The normalized spacial score (nSPS) is 13.6. The summed E-state index contributed by atoms with van der Waals surface area (Å²) in [5.74, 6) is 0. The molecular weight excluding hydrogens is 392 g/mol. The third-order valence-corrected chi connectivity index (χ3v) is 5.73. The summed E-state index contributed by atoms with van der Waals surface area (Å²) in [7, 11) is -1.04. The summed E-state index contributed by atoms with van der Waals surface area (Å²) < 4.78 is 37.7. The fraction of sp³-hybridized carbons (Fsp3) is 0.278. The zero-order valence-electron chi connectivity index (χ0n) is 15.2. The zero-order valence-corrected chi connectivity index (χ0v) is 16.7. The second-order valence-electron chi connectivity index (χ2n) is 5.91. The number of carbonyl (C=O) groups excluding carboxylic acids is 1. The lowest BCUT2D eigenvalue weighted by atomic mass is 9.96. The van der Waals surface area contributed by atoms with E-state index in [1.54, 1.807) is 25.1 Å². The van der Waals surface area contributed by atoms with Crippen LogP contribution in [0.1, 0.15) is 12.5 Å². The molecule has 0 heterocycles. The average molecular weight is 413 g/mol. The van der Waals surface area contributed by atoms with Crippen molar-refractivity contribution in [3.8, 4) is 0 Å². The molecule has 0 fully saturated rings. The van der Waals surface area contributed by atoms with Gasteiger partial charge in [-0.2, -0.15) is 0 Å². The van der Waals surface area contributed by atoms with Gasteiger partial charge in [0, 0.05) is 24.4 Å². The first-order valence-corrected chi connectivity index (χ1v) is 9.82. The van der Waals surface area contributed by atoms with Gasteiger partial charge in [0.2, 0.25) is 10.0 Å². The molecule has 2 N–H and O–H groups in total. The van der Waals surface area contributed by atoms with Crippen molar-refractivity contribution in [2.45, 2.75) is 17.4 Å². The number of benzene rings is 2. The van der Waals surface area contributed by atoms with Crippen molar-refractivity contribution in [3.63, 3.8) is 0 Å². The van der Waals surface area contributed by atoms with Crippen LogP contribution in [0.4, 0.5) is 10.5 Å². The number of amides is 1. The molecule has 146 valence electrons. The van der Waals surface area contributed by atoms with Crippen LogP contribution in [0.3, 0.4) is 0 Å². The maximum atomic E-state index is 12.6. The van der Waals surface area contributed by atoms with Gasteiger partial charge in [0.1, 0.15) is 5.60 Å². The predicted molar refractivity (Wildman–Crippen MR) is 103 cm³/mol. The van der Waals surface area contributed by atoms with Gasteiger partial charge in [-0.15, -0.1) is 0 Å². The van der Waals surface area contributed by atoms with E-state index in [9.17, 15) is 13.2 Å². The Balaban J connectivity index is 2.14. The highest BCUT2D eigenvalue weighted by molar-refractivity contribution is 7.89. The summed E-state index contributed by atoms with van der Waals surface area (Å²) in [5.41, 5.74) is 0.268. The number of carbonyl (C=O) groups is 1. The molecule has 0 radical (unpaired) electrons. The molecule has 7 nitrogen and oxygen atoms in total. The van der Waals surface area contributed by atoms with Gasteiger partial charge in [0.15, 0.2) is 0 Å². The minimum atomic E-state index is -3.78. The fourth-order valence-corrected chi connectivity index (χ4v) is 3.63. The second kappa shape index (κ2) is 8.71. The largest absolute Gasteiger partial charge is 0.453 e. The van der Waals surface area contributed by atoms with Crippen molar-refractivity contribution in [3.05, 3.63) is 59.1 Å². The van der Waals surface area contributed by atoms with E-state index in [-0.39, 0.29) is 11.4 Å². The monoisotopic (exact) mass is 412 g/mol. The highest BCUT2D eigenvalue weighted by Crippen LogP contribution is 2.27. The lowest BCUT2D eigenvalue weighted by Gasteiger charge is -2.29. The van der Waals surface area contributed by atoms with E-state index in [4.69, 9.17) is 16.3 Å². The van der Waals surface area contributed by atoms with Gasteiger partial charge in [0.25, 0.3) is 0 Å². The molecule has 1 atom stereocenters. The molecular formula is C18H21ClN2O5S. The van der Waals surface area contributed by atoms with Crippen molar-refractivity contribution >= 4 is 33.4 Å². The average Bonchev–Trinajstić information content (AvgIpc) is 2.66. The van der Waals surface area contributed by atoms with Crippen molar-refractivity contribution < 1.29 is 22.7 Å². The number of methoxy groups -OCH3 is 2. The number of hydrogen-bond acceptors (Lipinski definition) is 5. The molecule has 0 unspecified atom stereocenters. The summed E-state index contributed by atoms with van der Waals surface area (Å²) >= 11 is 6.02. The number of hydrogen-bond donors (Lipinski definition) is 2. The van der Waals surface area contributed by atoms with E-state index in [2.05, 4.69) is 14.8 Å². The number of ether oxygens (including phenoxy) is 2. The van der Waals surface area contributed by atoms with E-state index in [0.717, 1.165) is 5.56 Å². The number of sulfonamides is 1. The van der Waals surface area contributed by atoms with Crippen molar-refractivity contribution in [1.29, 1.82) is 0 Å². The van der Waals surface area contributed by atoms with E-state index in [1.165, 1.54) is 38.5 Å². The van der Waals surface area contributed by atoms with Crippen LogP contribution in [0.15, 0.2) is 53.4 Å². The Morgan fingerprint density at radius 2 is 1.81 bits per heavy atom. The van der Waals surface area contributed by atoms with Gasteiger partial charge < -0.3 is 9.47 Å². The van der Waals surface area contributed by atoms with Gasteiger partial charge in [-0.05, 0) is 48.9 Å². The van der Waals surface area contributed by atoms with Crippen LogP contribution in [0.5, 0.6) is 0 Å². The minimum absolute atomic E-state index is 0.00827. The van der Waals surface area contributed by atoms with Crippen molar-refractivity contribution in [2.24, 2.45) is 0 Å². The van der Waals surface area contributed by atoms with Crippen LogP contribution in [0.25, 0.3) is 0 Å². The lowest BCUT2D eigenvalue weighted by molar-refractivity contribution is 0.00699. The molecule has 0 aliphatic heterocycles. The molecule has 0 saturated heterocycles. The third-order valence-electron chi connectivity index (χ3n) is 4.08. The fourth-order valence-electron chi connectivity index (χ4n) is 2.31. The molecule has 9 heteroatoms. The molecule has 0 aromatic heterocycles. The molecule has 2 rings (SSSR count).